The Morgan fingerprint density at radius 1 is 1.31 bits per heavy atom. The van der Waals surface area contributed by atoms with Crippen LogP contribution in [0.3, 0.4) is 0 Å². The van der Waals surface area contributed by atoms with Gasteiger partial charge in [0, 0.05) is 6.42 Å². The minimum Gasteiger partial charge on any atom is -0.491 e. The van der Waals surface area contributed by atoms with Gasteiger partial charge in [0.05, 0.1) is 12.3 Å². The Balaban J connectivity index is 2.63. The third-order valence-corrected chi connectivity index (χ3v) is 2.24. The van der Waals surface area contributed by atoms with Crippen LogP contribution < -0.4 is 10.1 Å². The van der Waals surface area contributed by atoms with Gasteiger partial charge in [-0.2, -0.15) is 0 Å². The highest BCUT2D eigenvalue weighted by molar-refractivity contribution is 5.91. The number of carbonyl (C=O) groups excluding carboxylic acids is 1. The molecule has 0 aromatic heterocycles. The summed E-state index contributed by atoms with van der Waals surface area (Å²) in [4.78, 5) is 11.3. The summed E-state index contributed by atoms with van der Waals surface area (Å²) in [6.07, 6.45) is 2.60. The van der Waals surface area contributed by atoms with Gasteiger partial charge in [0.2, 0.25) is 5.91 Å². The quantitative estimate of drug-likeness (QED) is 0.749. The Bertz CT molecular complexity index is 336. The summed E-state index contributed by atoms with van der Waals surface area (Å²) in [5.74, 6) is 0.754. The van der Waals surface area contributed by atoms with Crippen LogP contribution in [0.25, 0.3) is 0 Å². The number of anilines is 1. The number of nitrogens with one attached hydrogen (secondary N) is 1. The normalized spacial score (nSPS) is 9.88. The largest absolute Gasteiger partial charge is 0.491 e. The second kappa shape index (κ2) is 6.88. The molecule has 0 bridgehead atoms. The zero-order chi connectivity index (χ0) is 11.8. The van der Waals surface area contributed by atoms with Crippen molar-refractivity contribution in [2.24, 2.45) is 0 Å². The molecule has 88 valence electrons. The van der Waals surface area contributed by atoms with Gasteiger partial charge >= 0.3 is 0 Å². The Kier molecular flexibility index (Phi) is 5.40. The fraction of sp³-hybridized carbons (Fsp3) is 0.462. The van der Waals surface area contributed by atoms with Gasteiger partial charge < -0.3 is 10.1 Å². The zero-order valence-electron chi connectivity index (χ0n) is 9.95. The first kappa shape index (κ1) is 12.6. The number of benzene rings is 1. The van der Waals surface area contributed by atoms with Crippen LogP contribution in [0.4, 0.5) is 5.69 Å². The average molecular weight is 221 g/mol. The van der Waals surface area contributed by atoms with Crippen molar-refractivity contribution >= 4 is 11.6 Å². The first-order valence-corrected chi connectivity index (χ1v) is 5.79. The van der Waals surface area contributed by atoms with Gasteiger partial charge in [-0.1, -0.05) is 32.4 Å². The molecule has 0 saturated heterocycles. The Morgan fingerprint density at radius 3 is 2.75 bits per heavy atom. The van der Waals surface area contributed by atoms with Crippen molar-refractivity contribution in [1.82, 2.24) is 0 Å². The maximum atomic E-state index is 11.3. The molecule has 0 saturated carbocycles. The lowest BCUT2D eigenvalue weighted by Crippen LogP contribution is -2.11. The van der Waals surface area contributed by atoms with Crippen molar-refractivity contribution in [1.29, 1.82) is 0 Å². The van der Waals surface area contributed by atoms with Crippen LogP contribution in [-0.4, -0.2) is 12.5 Å². The fourth-order valence-corrected chi connectivity index (χ4v) is 1.26. The number of carbonyl (C=O) groups is 1. The molecule has 0 aliphatic rings. The molecule has 3 nitrogen and oxygen atoms in total. The molecule has 0 unspecified atom stereocenters. The second-order valence-electron chi connectivity index (χ2n) is 3.60. The van der Waals surface area contributed by atoms with Crippen molar-refractivity contribution < 1.29 is 9.53 Å². The van der Waals surface area contributed by atoms with E-state index in [1.54, 1.807) is 0 Å². The fourth-order valence-electron chi connectivity index (χ4n) is 1.26. The van der Waals surface area contributed by atoms with Gasteiger partial charge in [-0.3, -0.25) is 4.79 Å². The van der Waals surface area contributed by atoms with Gasteiger partial charge in [-0.25, -0.2) is 0 Å². The second-order valence-corrected chi connectivity index (χ2v) is 3.60. The van der Waals surface area contributed by atoms with Crippen molar-refractivity contribution in [2.45, 2.75) is 33.1 Å². The third-order valence-electron chi connectivity index (χ3n) is 2.24. The summed E-state index contributed by atoms with van der Waals surface area (Å²) in [6.45, 7) is 4.64. The highest BCUT2D eigenvalue weighted by Crippen LogP contribution is 2.23. The SMILES string of the molecule is CCCCOc1ccccc1NC(=O)CC. The summed E-state index contributed by atoms with van der Waals surface area (Å²) >= 11 is 0. The first-order chi connectivity index (χ1) is 7.77. The van der Waals surface area contributed by atoms with E-state index in [0.29, 0.717) is 13.0 Å². The summed E-state index contributed by atoms with van der Waals surface area (Å²) in [6, 6.07) is 7.52. The maximum absolute atomic E-state index is 11.3. The summed E-state index contributed by atoms with van der Waals surface area (Å²) in [5.41, 5.74) is 0.755. The van der Waals surface area contributed by atoms with Crippen LogP contribution in [-0.2, 0) is 4.79 Å². The summed E-state index contributed by atoms with van der Waals surface area (Å²) in [5, 5.41) is 2.82. The van der Waals surface area contributed by atoms with Crippen LogP contribution in [0.2, 0.25) is 0 Å². The van der Waals surface area contributed by atoms with E-state index in [2.05, 4.69) is 12.2 Å². The van der Waals surface area contributed by atoms with Gasteiger partial charge in [-0.15, -0.1) is 0 Å². The molecule has 1 aromatic carbocycles. The molecular weight excluding hydrogens is 202 g/mol. The molecule has 0 fully saturated rings. The van der Waals surface area contributed by atoms with Crippen LogP contribution in [0.15, 0.2) is 24.3 Å². The molecule has 0 aliphatic carbocycles. The lowest BCUT2D eigenvalue weighted by Gasteiger charge is -2.11. The molecule has 0 aliphatic heterocycles. The summed E-state index contributed by atoms with van der Waals surface area (Å²) < 4.78 is 5.61. The molecule has 1 rings (SSSR count). The Hall–Kier alpha value is -1.51. The number of para-hydroxylation sites is 2. The van der Waals surface area contributed by atoms with Gasteiger partial charge in [0.15, 0.2) is 0 Å². The standard InChI is InChI=1S/C13H19NO2/c1-3-5-10-16-12-9-7-6-8-11(12)14-13(15)4-2/h6-9H,3-5,10H2,1-2H3,(H,14,15). The van der Waals surface area contributed by atoms with Gasteiger partial charge in [0.25, 0.3) is 0 Å². The number of hydrogen-bond acceptors (Lipinski definition) is 2. The van der Waals surface area contributed by atoms with Crippen molar-refractivity contribution in [3.05, 3.63) is 24.3 Å². The number of rotatable bonds is 6. The highest BCUT2D eigenvalue weighted by Gasteiger charge is 2.05. The van der Waals surface area contributed by atoms with E-state index in [1.165, 1.54) is 0 Å². The average Bonchev–Trinajstić information content (AvgIpc) is 2.31. The minimum atomic E-state index is 0.00606. The van der Waals surface area contributed by atoms with E-state index in [9.17, 15) is 4.79 Å². The first-order valence-electron chi connectivity index (χ1n) is 5.79. The van der Waals surface area contributed by atoms with Gasteiger partial charge in [0.1, 0.15) is 5.75 Å². The van der Waals surface area contributed by atoms with Crippen LogP contribution in [0, 0.1) is 0 Å². The molecule has 1 N–H and O–H groups in total. The van der Waals surface area contributed by atoms with Gasteiger partial charge in [-0.05, 0) is 18.6 Å². The summed E-state index contributed by atoms with van der Waals surface area (Å²) in [7, 11) is 0. The zero-order valence-corrected chi connectivity index (χ0v) is 9.95. The highest BCUT2D eigenvalue weighted by atomic mass is 16.5. The third kappa shape index (κ3) is 3.93. The van der Waals surface area contributed by atoms with E-state index in [-0.39, 0.29) is 5.91 Å². The molecule has 0 atom stereocenters. The van der Waals surface area contributed by atoms with Crippen LogP contribution in [0.5, 0.6) is 5.75 Å². The van der Waals surface area contributed by atoms with E-state index < -0.39 is 0 Å². The van der Waals surface area contributed by atoms with Crippen LogP contribution in [0.1, 0.15) is 33.1 Å². The predicted molar refractivity (Wildman–Crippen MR) is 65.8 cm³/mol. The lowest BCUT2D eigenvalue weighted by molar-refractivity contribution is -0.115. The van der Waals surface area contributed by atoms with E-state index >= 15 is 0 Å². The molecule has 0 radical (unpaired) electrons. The van der Waals surface area contributed by atoms with Crippen molar-refractivity contribution in [3.63, 3.8) is 0 Å². The topological polar surface area (TPSA) is 38.3 Å². The monoisotopic (exact) mass is 221 g/mol. The molecule has 3 heteroatoms. The molecule has 1 amide bonds. The minimum absolute atomic E-state index is 0.00606. The van der Waals surface area contributed by atoms with Crippen molar-refractivity contribution in [3.8, 4) is 5.75 Å². The smallest absolute Gasteiger partial charge is 0.224 e. The molecule has 0 spiro atoms. The number of hydrogen-bond donors (Lipinski definition) is 1. The Labute approximate surface area is 96.8 Å². The molecule has 16 heavy (non-hydrogen) atoms. The lowest BCUT2D eigenvalue weighted by atomic mass is 10.3. The van der Waals surface area contributed by atoms with Crippen LogP contribution >= 0.6 is 0 Å². The van der Waals surface area contributed by atoms with E-state index in [1.807, 2.05) is 31.2 Å². The molecule has 0 heterocycles. The van der Waals surface area contributed by atoms with Crippen molar-refractivity contribution in [2.75, 3.05) is 11.9 Å². The predicted octanol–water partition coefficient (Wildman–Crippen LogP) is 3.21. The molecular formula is C13H19NO2. The van der Waals surface area contributed by atoms with E-state index in [0.717, 1.165) is 24.3 Å². The van der Waals surface area contributed by atoms with E-state index in [4.69, 9.17) is 4.74 Å². The molecule has 1 aromatic rings. The number of ether oxygens (including phenoxy) is 1. The Morgan fingerprint density at radius 2 is 2.06 bits per heavy atom. The number of amides is 1. The number of unbranched alkanes of at least 4 members (excludes halogenated alkanes) is 1. The maximum Gasteiger partial charge on any atom is 0.224 e.